The van der Waals surface area contributed by atoms with Gasteiger partial charge in [0.15, 0.2) is 0 Å². The number of rotatable bonds is 5. The molecule has 0 aromatic heterocycles. The molecular weight excluding hydrogens is 356 g/mol. The minimum atomic E-state index is -0.831. The van der Waals surface area contributed by atoms with Crippen molar-refractivity contribution in [2.24, 2.45) is 46.3 Å². The molecule has 0 aromatic rings. The predicted molar refractivity (Wildman–Crippen MR) is 121 cm³/mol. The third kappa shape index (κ3) is 3.34. The van der Waals surface area contributed by atoms with Gasteiger partial charge in [-0.15, -0.1) is 0 Å². The van der Waals surface area contributed by atoms with Crippen LogP contribution < -0.4 is 0 Å². The van der Waals surface area contributed by atoms with Crippen LogP contribution in [-0.4, -0.2) is 21.9 Å². The zero-order valence-corrected chi connectivity index (χ0v) is 19.9. The fourth-order valence-corrected chi connectivity index (χ4v) is 9.33. The Balaban J connectivity index is 1.53. The Labute approximate surface area is 180 Å². The molecule has 0 amide bonds. The smallest absolute Gasteiger partial charge is 0.0961 e. The first-order chi connectivity index (χ1) is 13.6. The zero-order chi connectivity index (χ0) is 21.0. The summed E-state index contributed by atoms with van der Waals surface area (Å²) in [6.07, 6.45) is 14.1. The number of aliphatic hydroxyl groups is 2. The van der Waals surface area contributed by atoms with Crippen LogP contribution in [0.5, 0.6) is 0 Å². The summed E-state index contributed by atoms with van der Waals surface area (Å²) in [5.74, 6) is 4.51. The van der Waals surface area contributed by atoms with Gasteiger partial charge in [0.1, 0.15) is 0 Å². The highest BCUT2D eigenvalue weighted by atomic mass is 16.3. The van der Waals surface area contributed by atoms with Gasteiger partial charge in [-0.2, -0.15) is 0 Å². The molecule has 2 N–H and O–H groups in total. The number of hydrogen-bond acceptors (Lipinski definition) is 2. The van der Waals surface area contributed by atoms with E-state index in [1.54, 1.807) is 0 Å². The van der Waals surface area contributed by atoms with Gasteiger partial charge in [0.05, 0.1) is 11.7 Å². The topological polar surface area (TPSA) is 40.5 Å². The van der Waals surface area contributed by atoms with Crippen LogP contribution in [-0.2, 0) is 0 Å². The summed E-state index contributed by atoms with van der Waals surface area (Å²) >= 11 is 0. The first kappa shape index (κ1) is 22.1. The average molecular weight is 405 g/mol. The Bertz CT molecular complexity index is 587. The summed E-state index contributed by atoms with van der Waals surface area (Å²) in [5, 5.41) is 22.8. The van der Waals surface area contributed by atoms with E-state index in [-0.39, 0.29) is 5.41 Å². The van der Waals surface area contributed by atoms with Crippen molar-refractivity contribution in [3.63, 3.8) is 0 Å². The van der Waals surface area contributed by atoms with Crippen LogP contribution in [0.25, 0.3) is 0 Å². The monoisotopic (exact) mass is 404 g/mol. The van der Waals surface area contributed by atoms with Gasteiger partial charge in [0, 0.05) is 5.41 Å². The SMILES string of the molecule is CC(C)CCC[C@H](C)[C@@H]1CC[C@@H]2[C@@H]3C[C@@H](O)[C@@]4(O)CCCC[C@]4(C)[C@H]3CC[C@@]21C. The third-order valence-electron chi connectivity index (χ3n) is 11.0. The lowest BCUT2D eigenvalue weighted by Gasteiger charge is -2.65. The molecule has 0 spiro atoms. The van der Waals surface area contributed by atoms with Crippen molar-refractivity contribution in [3.8, 4) is 0 Å². The second-order valence-corrected chi connectivity index (χ2v) is 12.7. The maximum atomic E-state index is 11.6. The van der Waals surface area contributed by atoms with Crippen molar-refractivity contribution >= 4 is 0 Å². The standard InChI is InChI=1S/C27H48O2/c1-18(2)9-8-10-19(3)21-11-12-22-20-17-24(28)27(29)15-7-6-14-26(27,5)23(20)13-16-25(21,22)4/h18-24,28-29H,6-17H2,1-5H3/t19-,20-,21-,22+,23-,24+,25+,26+,27-/m0/s1. The van der Waals surface area contributed by atoms with Gasteiger partial charge in [-0.3, -0.25) is 0 Å². The van der Waals surface area contributed by atoms with Crippen LogP contribution in [0.1, 0.15) is 112 Å². The van der Waals surface area contributed by atoms with Crippen LogP contribution in [0.3, 0.4) is 0 Å². The van der Waals surface area contributed by atoms with Crippen LogP contribution in [0.4, 0.5) is 0 Å². The Morgan fingerprint density at radius 1 is 0.897 bits per heavy atom. The van der Waals surface area contributed by atoms with Gasteiger partial charge in [-0.05, 0) is 85.9 Å². The molecule has 0 aromatic carbocycles. The van der Waals surface area contributed by atoms with E-state index in [4.69, 9.17) is 0 Å². The maximum absolute atomic E-state index is 11.6. The van der Waals surface area contributed by atoms with E-state index < -0.39 is 11.7 Å². The van der Waals surface area contributed by atoms with Gasteiger partial charge < -0.3 is 10.2 Å². The molecule has 0 aliphatic heterocycles. The highest BCUT2D eigenvalue weighted by Crippen LogP contribution is 2.69. The van der Waals surface area contributed by atoms with Gasteiger partial charge >= 0.3 is 0 Å². The lowest BCUT2D eigenvalue weighted by atomic mass is 9.42. The fourth-order valence-electron chi connectivity index (χ4n) is 9.33. The summed E-state index contributed by atoms with van der Waals surface area (Å²) in [4.78, 5) is 0. The molecule has 4 rings (SSSR count). The fraction of sp³-hybridized carbons (Fsp3) is 1.00. The Kier molecular flexibility index (Phi) is 5.95. The van der Waals surface area contributed by atoms with Crippen molar-refractivity contribution in [1.29, 1.82) is 0 Å². The van der Waals surface area contributed by atoms with E-state index in [2.05, 4.69) is 34.6 Å². The first-order valence-corrected chi connectivity index (χ1v) is 13.0. The van der Waals surface area contributed by atoms with E-state index in [1.807, 2.05) is 0 Å². The second kappa shape index (κ2) is 7.80. The minimum Gasteiger partial charge on any atom is -0.390 e. The summed E-state index contributed by atoms with van der Waals surface area (Å²) in [7, 11) is 0. The quantitative estimate of drug-likeness (QED) is 0.543. The number of hydrogen-bond donors (Lipinski definition) is 2. The third-order valence-corrected chi connectivity index (χ3v) is 11.0. The summed E-state index contributed by atoms with van der Waals surface area (Å²) in [5.41, 5.74) is -0.448. The average Bonchev–Trinajstić information content (AvgIpc) is 3.01. The number of aliphatic hydroxyl groups excluding tert-OH is 1. The molecule has 2 heteroatoms. The van der Waals surface area contributed by atoms with Crippen molar-refractivity contribution in [2.75, 3.05) is 0 Å². The molecule has 168 valence electrons. The Hall–Kier alpha value is -0.0800. The van der Waals surface area contributed by atoms with Gasteiger partial charge in [0.25, 0.3) is 0 Å². The lowest BCUT2D eigenvalue weighted by molar-refractivity contribution is -0.253. The molecule has 4 aliphatic rings. The van der Waals surface area contributed by atoms with Gasteiger partial charge in [0.2, 0.25) is 0 Å². The number of fused-ring (bicyclic) bond motifs is 5. The molecule has 4 fully saturated rings. The van der Waals surface area contributed by atoms with E-state index in [0.717, 1.165) is 49.4 Å². The largest absolute Gasteiger partial charge is 0.390 e. The molecule has 9 atom stereocenters. The van der Waals surface area contributed by atoms with Crippen molar-refractivity contribution in [3.05, 3.63) is 0 Å². The summed E-state index contributed by atoms with van der Waals surface area (Å²) in [6.45, 7) is 12.2. The van der Waals surface area contributed by atoms with E-state index >= 15 is 0 Å². The van der Waals surface area contributed by atoms with Crippen molar-refractivity contribution in [1.82, 2.24) is 0 Å². The van der Waals surface area contributed by atoms with E-state index in [0.29, 0.717) is 17.3 Å². The molecular formula is C27H48O2. The molecule has 4 saturated carbocycles. The highest BCUT2D eigenvalue weighted by Gasteiger charge is 2.66. The molecule has 0 unspecified atom stereocenters. The van der Waals surface area contributed by atoms with Crippen molar-refractivity contribution in [2.45, 2.75) is 123 Å². The normalized spacial score (nSPS) is 50.7. The predicted octanol–water partition coefficient (Wildman–Crippen LogP) is 6.58. The molecule has 0 radical (unpaired) electrons. The summed E-state index contributed by atoms with van der Waals surface area (Å²) < 4.78 is 0. The van der Waals surface area contributed by atoms with Crippen LogP contribution >= 0.6 is 0 Å². The minimum absolute atomic E-state index is 0.0735. The summed E-state index contributed by atoms with van der Waals surface area (Å²) in [6, 6.07) is 0. The molecule has 0 saturated heterocycles. The Morgan fingerprint density at radius 2 is 1.62 bits per heavy atom. The molecule has 0 heterocycles. The van der Waals surface area contributed by atoms with Crippen molar-refractivity contribution < 1.29 is 10.2 Å². The second-order valence-electron chi connectivity index (χ2n) is 12.7. The lowest BCUT2D eigenvalue weighted by Crippen LogP contribution is -2.67. The zero-order valence-electron chi connectivity index (χ0n) is 19.9. The van der Waals surface area contributed by atoms with E-state index in [9.17, 15) is 10.2 Å². The Morgan fingerprint density at radius 3 is 2.34 bits per heavy atom. The maximum Gasteiger partial charge on any atom is 0.0961 e. The van der Waals surface area contributed by atoms with Crippen LogP contribution in [0, 0.1) is 46.3 Å². The van der Waals surface area contributed by atoms with Crippen LogP contribution in [0.15, 0.2) is 0 Å². The molecule has 2 nitrogen and oxygen atoms in total. The van der Waals surface area contributed by atoms with Gasteiger partial charge in [-0.1, -0.05) is 66.7 Å². The highest BCUT2D eigenvalue weighted by molar-refractivity contribution is 5.16. The molecule has 0 bridgehead atoms. The van der Waals surface area contributed by atoms with E-state index in [1.165, 1.54) is 51.4 Å². The molecule has 4 aliphatic carbocycles. The molecule has 29 heavy (non-hydrogen) atoms. The van der Waals surface area contributed by atoms with Gasteiger partial charge in [-0.25, -0.2) is 0 Å². The van der Waals surface area contributed by atoms with Crippen LogP contribution in [0.2, 0.25) is 0 Å². The first-order valence-electron chi connectivity index (χ1n) is 13.0.